The maximum absolute atomic E-state index is 10.8. The molecule has 78 valence electrons. The monoisotopic (exact) mass is 199 g/mol. The molecule has 6 nitrogen and oxygen atoms in total. The van der Waals surface area contributed by atoms with E-state index < -0.39 is 0 Å². The third kappa shape index (κ3) is 4.01. The second kappa shape index (κ2) is 6.11. The lowest BCUT2D eigenvalue weighted by Crippen LogP contribution is -2.14. The molecule has 0 spiro atoms. The van der Waals surface area contributed by atoms with Crippen LogP contribution < -0.4 is 10.9 Å². The first-order valence-corrected chi connectivity index (χ1v) is 4.30. The average molecular weight is 199 g/mol. The van der Waals surface area contributed by atoms with E-state index in [0.717, 1.165) is 0 Å². The van der Waals surface area contributed by atoms with E-state index in [1.165, 1.54) is 12.3 Å². The minimum atomic E-state index is -0.244. The molecule has 0 bridgehead atoms. The lowest BCUT2D eigenvalue weighted by molar-refractivity contribution is 0.0992. The molecule has 0 aliphatic heterocycles. The van der Waals surface area contributed by atoms with E-state index in [9.17, 15) is 4.79 Å². The first-order chi connectivity index (χ1) is 6.83. The van der Waals surface area contributed by atoms with Crippen LogP contribution in [0.2, 0.25) is 0 Å². The van der Waals surface area contributed by atoms with Gasteiger partial charge in [-0.05, 0) is 0 Å². The molecule has 0 saturated heterocycles. The zero-order valence-electron chi connectivity index (χ0n) is 7.69. The van der Waals surface area contributed by atoms with Gasteiger partial charge < -0.3 is 15.2 Å². The molecular formula is C8H13N3O3. The summed E-state index contributed by atoms with van der Waals surface area (Å²) in [7, 11) is 0. The van der Waals surface area contributed by atoms with E-state index >= 15 is 0 Å². The molecule has 0 radical (unpaired) electrons. The lowest BCUT2D eigenvalue weighted by Gasteiger charge is -2.04. The Kier molecular flexibility index (Phi) is 4.66. The number of aliphatic hydroxyl groups excluding tert-OH is 1. The van der Waals surface area contributed by atoms with Crippen molar-refractivity contribution in [3.05, 3.63) is 22.6 Å². The van der Waals surface area contributed by atoms with Gasteiger partial charge in [-0.3, -0.25) is 4.79 Å². The van der Waals surface area contributed by atoms with Gasteiger partial charge in [0.15, 0.2) is 0 Å². The van der Waals surface area contributed by atoms with Crippen LogP contribution in [-0.2, 0) is 4.74 Å². The Labute approximate surface area is 80.9 Å². The van der Waals surface area contributed by atoms with Gasteiger partial charge in [0.05, 0.1) is 31.7 Å². The Morgan fingerprint density at radius 3 is 3.14 bits per heavy atom. The summed E-state index contributed by atoms with van der Waals surface area (Å²) in [5.41, 5.74) is 0.410. The summed E-state index contributed by atoms with van der Waals surface area (Å²) in [5.74, 6) is 0. The quantitative estimate of drug-likeness (QED) is 0.522. The van der Waals surface area contributed by atoms with Gasteiger partial charge in [-0.25, -0.2) is 5.10 Å². The van der Waals surface area contributed by atoms with E-state index in [4.69, 9.17) is 9.84 Å². The Morgan fingerprint density at radius 1 is 1.57 bits per heavy atom. The van der Waals surface area contributed by atoms with Crippen molar-refractivity contribution in [2.24, 2.45) is 0 Å². The largest absolute Gasteiger partial charge is 0.394 e. The number of nitrogens with zero attached hydrogens (tertiary/aromatic N) is 1. The Balaban J connectivity index is 2.21. The number of hydrogen-bond acceptors (Lipinski definition) is 5. The number of hydrogen-bond donors (Lipinski definition) is 3. The molecular weight excluding hydrogens is 186 g/mol. The number of aromatic amines is 1. The van der Waals surface area contributed by atoms with E-state index in [1.807, 2.05) is 0 Å². The molecule has 1 rings (SSSR count). The number of aromatic nitrogens is 2. The number of anilines is 1. The summed E-state index contributed by atoms with van der Waals surface area (Å²) in [6.07, 6.45) is 1.52. The molecule has 0 amide bonds. The number of H-pyrrole nitrogens is 1. The van der Waals surface area contributed by atoms with E-state index in [1.54, 1.807) is 0 Å². The van der Waals surface area contributed by atoms with Crippen LogP contribution in [0.25, 0.3) is 0 Å². The van der Waals surface area contributed by atoms with Gasteiger partial charge in [-0.1, -0.05) is 0 Å². The van der Waals surface area contributed by atoms with E-state index in [0.29, 0.717) is 25.4 Å². The molecule has 14 heavy (non-hydrogen) atoms. The van der Waals surface area contributed by atoms with Crippen LogP contribution in [0.4, 0.5) is 5.69 Å². The van der Waals surface area contributed by atoms with E-state index in [-0.39, 0.29) is 12.2 Å². The molecule has 0 aliphatic carbocycles. The predicted octanol–water partition coefficient (Wildman–Crippen LogP) is -0.809. The fourth-order valence-electron chi connectivity index (χ4n) is 0.907. The van der Waals surface area contributed by atoms with Crippen molar-refractivity contribution in [1.82, 2.24) is 10.2 Å². The van der Waals surface area contributed by atoms with Gasteiger partial charge in [0.2, 0.25) is 0 Å². The maximum Gasteiger partial charge on any atom is 0.266 e. The molecule has 6 heteroatoms. The van der Waals surface area contributed by atoms with Crippen LogP contribution in [0.5, 0.6) is 0 Å². The second-order valence-electron chi connectivity index (χ2n) is 2.60. The minimum Gasteiger partial charge on any atom is -0.394 e. The minimum absolute atomic E-state index is 0.0204. The van der Waals surface area contributed by atoms with Gasteiger partial charge >= 0.3 is 0 Å². The van der Waals surface area contributed by atoms with Crippen LogP contribution >= 0.6 is 0 Å². The smallest absolute Gasteiger partial charge is 0.266 e. The van der Waals surface area contributed by atoms with Gasteiger partial charge in [0.25, 0.3) is 5.56 Å². The van der Waals surface area contributed by atoms with Crippen molar-refractivity contribution in [3.8, 4) is 0 Å². The summed E-state index contributed by atoms with van der Waals surface area (Å²) >= 11 is 0. The first kappa shape index (κ1) is 10.7. The summed E-state index contributed by atoms with van der Waals surface area (Å²) in [6, 6.07) is 1.42. The molecule has 0 unspecified atom stereocenters. The van der Waals surface area contributed by atoms with Crippen LogP contribution in [0.1, 0.15) is 0 Å². The molecule has 0 atom stereocenters. The Morgan fingerprint density at radius 2 is 2.43 bits per heavy atom. The number of nitrogens with one attached hydrogen (secondary N) is 2. The first-order valence-electron chi connectivity index (χ1n) is 4.30. The highest BCUT2D eigenvalue weighted by Crippen LogP contribution is 1.96. The van der Waals surface area contributed by atoms with Gasteiger partial charge in [-0.2, -0.15) is 5.10 Å². The molecule has 0 aromatic carbocycles. The second-order valence-corrected chi connectivity index (χ2v) is 2.60. The summed E-state index contributed by atoms with van der Waals surface area (Å²) in [5, 5.41) is 17.3. The topological polar surface area (TPSA) is 87.2 Å². The zero-order chi connectivity index (χ0) is 10.2. The zero-order valence-corrected chi connectivity index (χ0v) is 7.69. The highest BCUT2D eigenvalue weighted by atomic mass is 16.5. The van der Waals surface area contributed by atoms with Crippen LogP contribution in [0.3, 0.4) is 0 Å². The highest BCUT2D eigenvalue weighted by molar-refractivity contribution is 5.38. The van der Waals surface area contributed by atoms with Crippen molar-refractivity contribution in [3.63, 3.8) is 0 Å². The van der Waals surface area contributed by atoms with E-state index in [2.05, 4.69) is 15.5 Å². The molecule has 1 aromatic rings. The fraction of sp³-hybridized carbons (Fsp3) is 0.500. The predicted molar refractivity (Wildman–Crippen MR) is 51.3 cm³/mol. The Bertz CT molecular complexity index is 313. The van der Waals surface area contributed by atoms with Crippen molar-refractivity contribution in [2.75, 3.05) is 31.7 Å². The Hall–Kier alpha value is -1.40. The summed E-state index contributed by atoms with van der Waals surface area (Å²) < 4.78 is 5.02. The van der Waals surface area contributed by atoms with Crippen molar-refractivity contribution < 1.29 is 9.84 Å². The highest BCUT2D eigenvalue weighted by Gasteiger charge is 1.92. The third-order valence-corrected chi connectivity index (χ3v) is 1.48. The molecule has 1 heterocycles. The molecule has 0 saturated carbocycles. The number of rotatable bonds is 6. The van der Waals surface area contributed by atoms with Gasteiger partial charge in [0.1, 0.15) is 0 Å². The third-order valence-electron chi connectivity index (χ3n) is 1.48. The average Bonchev–Trinajstić information content (AvgIpc) is 2.18. The molecule has 0 aliphatic rings. The summed E-state index contributed by atoms with van der Waals surface area (Å²) in [4.78, 5) is 10.8. The molecule has 3 N–H and O–H groups in total. The molecule has 0 fully saturated rings. The molecule has 1 aromatic heterocycles. The normalized spacial score (nSPS) is 10.1. The van der Waals surface area contributed by atoms with Gasteiger partial charge in [-0.15, -0.1) is 0 Å². The standard InChI is InChI=1S/C8H13N3O3/c12-2-4-14-3-1-9-7-5-8(13)11-10-6-7/h5-6,12H,1-4H2,(H2,9,11,13). The maximum atomic E-state index is 10.8. The number of aliphatic hydroxyl groups is 1. The summed E-state index contributed by atoms with van der Waals surface area (Å²) in [6.45, 7) is 1.40. The van der Waals surface area contributed by atoms with Crippen LogP contribution in [0.15, 0.2) is 17.1 Å². The SMILES string of the molecule is O=c1cc(NCCOCCO)cn[nH]1. The lowest BCUT2D eigenvalue weighted by atomic mass is 10.4. The van der Waals surface area contributed by atoms with Crippen LogP contribution in [-0.4, -0.2) is 41.7 Å². The van der Waals surface area contributed by atoms with Crippen LogP contribution in [0, 0.1) is 0 Å². The van der Waals surface area contributed by atoms with Crippen molar-refractivity contribution in [2.45, 2.75) is 0 Å². The van der Waals surface area contributed by atoms with Crippen molar-refractivity contribution >= 4 is 5.69 Å². The van der Waals surface area contributed by atoms with Gasteiger partial charge in [0, 0.05) is 12.6 Å². The number of ether oxygens (including phenoxy) is 1. The van der Waals surface area contributed by atoms with Crippen molar-refractivity contribution in [1.29, 1.82) is 0 Å². The fourth-order valence-corrected chi connectivity index (χ4v) is 0.907.